The topological polar surface area (TPSA) is 60.5 Å². The van der Waals surface area contributed by atoms with Gasteiger partial charge in [0.25, 0.3) is 5.91 Å². The highest BCUT2D eigenvalue weighted by atomic mass is 16.1. The molecule has 0 aliphatic heterocycles. The lowest BCUT2D eigenvalue weighted by atomic mass is 10.2. The van der Waals surface area contributed by atoms with E-state index >= 15 is 0 Å². The molecule has 2 N–H and O–H groups in total. The maximum Gasteiger partial charge on any atom is 0.269 e. The minimum atomic E-state index is -0.138. The molecule has 0 aliphatic carbocycles. The van der Waals surface area contributed by atoms with Crippen molar-refractivity contribution < 1.29 is 4.79 Å². The summed E-state index contributed by atoms with van der Waals surface area (Å²) in [6, 6.07) is 11.7. The highest BCUT2D eigenvalue weighted by Gasteiger charge is 2.06. The van der Waals surface area contributed by atoms with Crippen molar-refractivity contribution in [2.45, 2.75) is 6.42 Å². The minimum Gasteiger partial charge on any atom is -0.378 e. The Hall–Kier alpha value is -2.60. The average molecular weight is 341 g/mol. The first-order valence-corrected chi connectivity index (χ1v) is 8.39. The van der Waals surface area contributed by atoms with E-state index in [-0.39, 0.29) is 5.91 Å². The molecular weight excluding hydrogens is 314 g/mol. The van der Waals surface area contributed by atoms with E-state index in [1.807, 2.05) is 58.5 Å². The van der Waals surface area contributed by atoms with Crippen LogP contribution in [0.4, 0.5) is 17.1 Å². The largest absolute Gasteiger partial charge is 0.378 e. The van der Waals surface area contributed by atoms with E-state index in [9.17, 15) is 4.79 Å². The van der Waals surface area contributed by atoms with Crippen molar-refractivity contribution in [3.8, 4) is 0 Å². The summed E-state index contributed by atoms with van der Waals surface area (Å²) in [6.45, 7) is 1.60. The Morgan fingerprint density at radius 3 is 2.24 bits per heavy atom. The third-order valence-electron chi connectivity index (χ3n) is 3.74. The quantitative estimate of drug-likeness (QED) is 0.723. The standard InChI is InChI=1S/C19H27N5O/c1-23(2)13-5-12-20-19(25)18-11-8-16(14-21-18)22-15-6-9-17(10-7-15)24(3)4/h6-11,14,22H,5,12-13H2,1-4H3,(H,20,25). The molecule has 6 heteroatoms. The van der Waals surface area contributed by atoms with Crippen molar-refractivity contribution in [3.05, 3.63) is 48.3 Å². The molecule has 0 unspecified atom stereocenters. The fourth-order valence-corrected chi connectivity index (χ4v) is 2.30. The zero-order valence-corrected chi connectivity index (χ0v) is 15.4. The number of amides is 1. The van der Waals surface area contributed by atoms with Crippen molar-refractivity contribution in [2.75, 3.05) is 51.5 Å². The molecule has 0 saturated heterocycles. The van der Waals surface area contributed by atoms with E-state index in [0.717, 1.165) is 30.0 Å². The molecule has 25 heavy (non-hydrogen) atoms. The predicted molar refractivity (Wildman–Crippen MR) is 104 cm³/mol. The Morgan fingerprint density at radius 2 is 1.68 bits per heavy atom. The Morgan fingerprint density at radius 1 is 1.00 bits per heavy atom. The lowest BCUT2D eigenvalue weighted by molar-refractivity contribution is 0.0947. The Kier molecular flexibility index (Phi) is 6.77. The van der Waals surface area contributed by atoms with Crippen molar-refractivity contribution >= 4 is 23.0 Å². The lowest BCUT2D eigenvalue weighted by Gasteiger charge is -2.13. The van der Waals surface area contributed by atoms with Gasteiger partial charge in [0.05, 0.1) is 11.9 Å². The highest BCUT2D eigenvalue weighted by Crippen LogP contribution is 2.19. The number of aromatic nitrogens is 1. The summed E-state index contributed by atoms with van der Waals surface area (Å²) in [7, 11) is 8.06. The summed E-state index contributed by atoms with van der Waals surface area (Å²) in [5.74, 6) is -0.138. The van der Waals surface area contributed by atoms with E-state index in [1.54, 1.807) is 12.3 Å². The van der Waals surface area contributed by atoms with Crippen LogP contribution in [0.2, 0.25) is 0 Å². The van der Waals surface area contributed by atoms with Gasteiger partial charge in [0, 0.05) is 32.0 Å². The van der Waals surface area contributed by atoms with E-state index in [4.69, 9.17) is 0 Å². The van der Waals surface area contributed by atoms with Crippen LogP contribution in [0.15, 0.2) is 42.6 Å². The van der Waals surface area contributed by atoms with Gasteiger partial charge in [-0.3, -0.25) is 4.79 Å². The van der Waals surface area contributed by atoms with Crippen molar-refractivity contribution in [1.29, 1.82) is 0 Å². The molecule has 1 aromatic heterocycles. The van der Waals surface area contributed by atoms with E-state index in [2.05, 4.69) is 25.4 Å². The van der Waals surface area contributed by atoms with Crippen LogP contribution < -0.4 is 15.5 Å². The first-order valence-electron chi connectivity index (χ1n) is 8.39. The molecule has 0 spiro atoms. The minimum absolute atomic E-state index is 0.138. The van der Waals surface area contributed by atoms with E-state index in [1.165, 1.54) is 0 Å². The first kappa shape index (κ1) is 18.7. The summed E-state index contributed by atoms with van der Waals surface area (Å²) < 4.78 is 0. The number of hydrogen-bond donors (Lipinski definition) is 2. The second-order valence-corrected chi connectivity index (χ2v) is 6.41. The molecule has 6 nitrogen and oxygen atoms in total. The predicted octanol–water partition coefficient (Wildman–Crippen LogP) is 2.57. The summed E-state index contributed by atoms with van der Waals surface area (Å²) in [5, 5.41) is 6.17. The maximum absolute atomic E-state index is 12.0. The number of carbonyl (C=O) groups is 1. The molecule has 0 bridgehead atoms. The third kappa shape index (κ3) is 6.08. The summed E-state index contributed by atoms with van der Waals surface area (Å²) in [6.07, 6.45) is 2.59. The lowest BCUT2D eigenvalue weighted by Crippen LogP contribution is -2.27. The molecule has 1 amide bonds. The van der Waals surface area contributed by atoms with Crippen LogP contribution in [-0.2, 0) is 0 Å². The number of benzene rings is 1. The zero-order chi connectivity index (χ0) is 18.2. The number of pyridine rings is 1. The molecular formula is C19H27N5O. The maximum atomic E-state index is 12.0. The van der Waals surface area contributed by atoms with Gasteiger partial charge in [0.2, 0.25) is 0 Å². The number of nitrogens with zero attached hydrogens (tertiary/aromatic N) is 3. The highest BCUT2D eigenvalue weighted by molar-refractivity contribution is 5.92. The van der Waals surface area contributed by atoms with Gasteiger partial charge in [0.1, 0.15) is 5.69 Å². The number of anilines is 3. The number of nitrogens with one attached hydrogen (secondary N) is 2. The van der Waals surface area contributed by atoms with Gasteiger partial charge in [-0.25, -0.2) is 4.98 Å². The SMILES string of the molecule is CN(C)CCCNC(=O)c1ccc(Nc2ccc(N(C)C)cc2)cn1. The fraction of sp³-hybridized carbons (Fsp3) is 0.368. The summed E-state index contributed by atoms with van der Waals surface area (Å²) in [5.41, 5.74) is 3.40. The third-order valence-corrected chi connectivity index (χ3v) is 3.74. The summed E-state index contributed by atoms with van der Waals surface area (Å²) in [4.78, 5) is 20.4. The molecule has 0 radical (unpaired) electrons. The zero-order valence-electron chi connectivity index (χ0n) is 15.4. The number of rotatable bonds is 8. The molecule has 0 fully saturated rings. The Labute approximate surface area is 149 Å². The van der Waals surface area contributed by atoms with Gasteiger partial charge in [-0.1, -0.05) is 0 Å². The molecule has 1 heterocycles. The second kappa shape index (κ2) is 9.03. The van der Waals surface area contributed by atoms with Gasteiger partial charge in [-0.05, 0) is 63.5 Å². The van der Waals surface area contributed by atoms with Crippen LogP contribution in [0.5, 0.6) is 0 Å². The second-order valence-electron chi connectivity index (χ2n) is 6.41. The molecule has 134 valence electrons. The van der Waals surface area contributed by atoms with Crippen molar-refractivity contribution in [1.82, 2.24) is 15.2 Å². The van der Waals surface area contributed by atoms with Crippen LogP contribution in [0.25, 0.3) is 0 Å². The Bertz CT molecular complexity index is 665. The van der Waals surface area contributed by atoms with Crippen LogP contribution in [-0.4, -0.2) is 57.1 Å². The molecule has 1 aromatic carbocycles. The van der Waals surface area contributed by atoms with Crippen molar-refractivity contribution in [3.63, 3.8) is 0 Å². The van der Waals surface area contributed by atoms with Gasteiger partial charge in [-0.15, -0.1) is 0 Å². The van der Waals surface area contributed by atoms with Crippen LogP contribution in [0.1, 0.15) is 16.9 Å². The van der Waals surface area contributed by atoms with Crippen LogP contribution in [0.3, 0.4) is 0 Å². The van der Waals surface area contributed by atoms with Gasteiger partial charge in [0.15, 0.2) is 0 Å². The molecule has 0 aliphatic rings. The smallest absolute Gasteiger partial charge is 0.269 e. The number of carbonyl (C=O) groups excluding carboxylic acids is 1. The first-order chi connectivity index (χ1) is 12.0. The average Bonchev–Trinajstić information content (AvgIpc) is 2.59. The molecule has 2 aromatic rings. The normalized spacial score (nSPS) is 10.6. The number of hydrogen-bond acceptors (Lipinski definition) is 5. The molecule has 0 saturated carbocycles. The fourth-order valence-electron chi connectivity index (χ4n) is 2.30. The van der Waals surface area contributed by atoms with E-state index < -0.39 is 0 Å². The van der Waals surface area contributed by atoms with E-state index in [0.29, 0.717) is 12.2 Å². The van der Waals surface area contributed by atoms with Crippen LogP contribution >= 0.6 is 0 Å². The molecule has 0 atom stereocenters. The van der Waals surface area contributed by atoms with Gasteiger partial charge < -0.3 is 20.4 Å². The monoisotopic (exact) mass is 341 g/mol. The van der Waals surface area contributed by atoms with Gasteiger partial charge >= 0.3 is 0 Å². The van der Waals surface area contributed by atoms with Gasteiger partial charge in [-0.2, -0.15) is 0 Å². The molecule has 2 rings (SSSR count). The van der Waals surface area contributed by atoms with Crippen molar-refractivity contribution in [2.24, 2.45) is 0 Å². The van der Waals surface area contributed by atoms with Crippen LogP contribution in [0, 0.1) is 0 Å². The summed E-state index contributed by atoms with van der Waals surface area (Å²) >= 11 is 0. The Balaban J connectivity index is 1.87.